The molecular weight excluding hydrogens is 480 g/mol. The van der Waals surface area contributed by atoms with E-state index in [9.17, 15) is 9.90 Å². The molecular formula is C24H23BrO5S. The topological polar surface area (TPSA) is 76.0 Å². The molecule has 0 amide bonds. The van der Waals surface area contributed by atoms with Gasteiger partial charge in [-0.1, -0.05) is 48.6 Å². The van der Waals surface area contributed by atoms with E-state index in [0.29, 0.717) is 19.4 Å². The molecule has 3 aromatic rings. The monoisotopic (exact) mass is 502 g/mol. The van der Waals surface area contributed by atoms with Crippen LogP contribution < -0.4 is 0 Å². The maximum absolute atomic E-state index is 10.7. The average molecular weight is 503 g/mol. The second-order valence-electron chi connectivity index (χ2n) is 7.46. The van der Waals surface area contributed by atoms with Gasteiger partial charge in [0.25, 0.3) is 0 Å². The Hall–Kier alpha value is -2.19. The molecule has 0 spiro atoms. The molecule has 3 atom stereocenters. The first kappa shape index (κ1) is 22.0. The summed E-state index contributed by atoms with van der Waals surface area (Å²) in [5.41, 5.74) is 0.733. The summed E-state index contributed by atoms with van der Waals surface area (Å²) in [5.74, 6) is -0.611. The van der Waals surface area contributed by atoms with Crippen LogP contribution in [0.15, 0.2) is 65.2 Å². The Morgan fingerprint density at radius 1 is 1.16 bits per heavy atom. The van der Waals surface area contributed by atoms with Crippen LogP contribution in [0.1, 0.15) is 42.1 Å². The van der Waals surface area contributed by atoms with Gasteiger partial charge in [-0.25, -0.2) is 0 Å². The first-order valence-corrected chi connectivity index (χ1v) is 11.7. The Balaban J connectivity index is 1.57. The van der Waals surface area contributed by atoms with Crippen LogP contribution in [0.25, 0.3) is 10.1 Å². The van der Waals surface area contributed by atoms with Gasteiger partial charge in [-0.15, -0.1) is 11.3 Å². The van der Waals surface area contributed by atoms with Gasteiger partial charge in [-0.05, 0) is 40.9 Å². The Bertz CT molecular complexity index is 1090. The summed E-state index contributed by atoms with van der Waals surface area (Å²) in [6.45, 7) is 0.466. The second-order valence-corrected chi connectivity index (χ2v) is 9.33. The van der Waals surface area contributed by atoms with E-state index in [0.717, 1.165) is 25.0 Å². The molecule has 2 heterocycles. The molecule has 0 saturated carbocycles. The van der Waals surface area contributed by atoms with Crippen molar-refractivity contribution in [2.45, 2.75) is 31.7 Å². The van der Waals surface area contributed by atoms with Gasteiger partial charge in [-0.3, -0.25) is 4.79 Å². The van der Waals surface area contributed by atoms with E-state index in [-0.39, 0.29) is 24.2 Å². The zero-order valence-electron chi connectivity index (χ0n) is 16.7. The average Bonchev–Trinajstić information content (AvgIpc) is 3.11. The first-order valence-electron chi connectivity index (χ1n) is 10.1. The molecule has 1 aromatic heterocycles. The van der Waals surface area contributed by atoms with Crippen LogP contribution in [0, 0.1) is 5.92 Å². The van der Waals surface area contributed by atoms with E-state index in [1.54, 1.807) is 23.5 Å². The molecule has 2 N–H and O–H groups in total. The number of aliphatic carboxylic acids is 1. The normalized spacial score (nSPS) is 21.6. The number of carboxylic acids is 1. The van der Waals surface area contributed by atoms with Gasteiger partial charge in [-0.2, -0.15) is 0 Å². The fourth-order valence-electron chi connectivity index (χ4n) is 3.75. The number of hydrogen-bond acceptors (Lipinski definition) is 5. The van der Waals surface area contributed by atoms with Crippen LogP contribution in [0.2, 0.25) is 0 Å². The summed E-state index contributed by atoms with van der Waals surface area (Å²) >= 11 is 5.34. The number of fused-ring (bicyclic) bond motifs is 1. The molecule has 31 heavy (non-hydrogen) atoms. The smallest absolute Gasteiger partial charge is 0.303 e. The fourth-order valence-corrected chi connectivity index (χ4v) is 5.74. The number of allylic oxidation sites excluding steroid dienone is 2. The van der Waals surface area contributed by atoms with E-state index in [1.807, 2.05) is 36.4 Å². The SMILES string of the molecule is O=C(O)CC/C=C\C[C@@H]1CO[C@H](c2sc3ccccc3c2Br)O[C@@H]1c1ccccc1O. The molecule has 0 bridgehead atoms. The Kier molecular flexibility index (Phi) is 7.07. The number of phenolic OH excluding ortho intramolecular Hbond substituents is 1. The molecule has 7 heteroatoms. The fraction of sp³-hybridized carbons (Fsp3) is 0.292. The summed E-state index contributed by atoms with van der Waals surface area (Å²) in [4.78, 5) is 11.7. The second kappa shape index (κ2) is 9.96. The van der Waals surface area contributed by atoms with Crippen LogP contribution >= 0.6 is 27.3 Å². The van der Waals surface area contributed by atoms with Crippen molar-refractivity contribution in [3.63, 3.8) is 0 Å². The third-order valence-electron chi connectivity index (χ3n) is 5.31. The van der Waals surface area contributed by atoms with Gasteiger partial charge in [0, 0.05) is 32.5 Å². The molecule has 1 aliphatic rings. The van der Waals surface area contributed by atoms with E-state index in [1.165, 1.54) is 0 Å². The van der Waals surface area contributed by atoms with E-state index >= 15 is 0 Å². The largest absolute Gasteiger partial charge is 0.508 e. The molecule has 0 radical (unpaired) electrons. The molecule has 1 aliphatic heterocycles. The minimum atomic E-state index is -0.808. The van der Waals surface area contributed by atoms with E-state index in [2.05, 4.69) is 28.1 Å². The van der Waals surface area contributed by atoms with Gasteiger partial charge < -0.3 is 19.7 Å². The maximum atomic E-state index is 10.7. The Morgan fingerprint density at radius 3 is 2.71 bits per heavy atom. The van der Waals surface area contributed by atoms with Crippen LogP contribution in [0.3, 0.4) is 0 Å². The molecule has 5 nitrogen and oxygen atoms in total. The van der Waals surface area contributed by atoms with Crippen LogP contribution in [0.4, 0.5) is 0 Å². The van der Waals surface area contributed by atoms with Crippen molar-refractivity contribution >= 4 is 43.3 Å². The summed E-state index contributed by atoms with van der Waals surface area (Å²) in [5, 5.41) is 20.4. The molecule has 0 aliphatic carbocycles. The third-order valence-corrected chi connectivity index (χ3v) is 7.62. The number of hydrogen-bond donors (Lipinski definition) is 2. The summed E-state index contributed by atoms with van der Waals surface area (Å²) in [7, 11) is 0. The van der Waals surface area contributed by atoms with Crippen molar-refractivity contribution in [3.05, 3.63) is 75.6 Å². The van der Waals surface area contributed by atoms with Gasteiger partial charge in [0.15, 0.2) is 6.29 Å². The zero-order chi connectivity index (χ0) is 21.8. The highest BCUT2D eigenvalue weighted by atomic mass is 79.9. The predicted octanol–water partition coefficient (Wildman–Crippen LogP) is 6.58. The molecule has 0 unspecified atom stereocenters. The number of phenols is 1. The predicted molar refractivity (Wildman–Crippen MR) is 124 cm³/mol. The van der Waals surface area contributed by atoms with Crippen molar-refractivity contribution in [1.29, 1.82) is 0 Å². The standard InChI is InChI=1S/C24H23BrO5S/c25-21-17-10-5-7-12-19(17)31-23(21)24-29-14-15(8-2-1-3-13-20(27)28)22(30-24)16-9-4-6-11-18(16)26/h1-2,4-7,9-12,15,22,24,26H,3,8,13-14H2,(H,27,28)/b2-1-/t15-,22+,24+/m1/s1. The maximum Gasteiger partial charge on any atom is 0.303 e. The summed E-state index contributed by atoms with van der Waals surface area (Å²) < 4.78 is 14.7. The zero-order valence-corrected chi connectivity index (χ0v) is 19.1. The number of ether oxygens (including phenoxy) is 2. The first-order chi connectivity index (χ1) is 15.0. The van der Waals surface area contributed by atoms with Crippen molar-refractivity contribution in [2.24, 2.45) is 5.92 Å². The van der Waals surface area contributed by atoms with Crippen molar-refractivity contribution in [3.8, 4) is 5.75 Å². The molecule has 1 fully saturated rings. The van der Waals surface area contributed by atoms with Gasteiger partial charge in [0.2, 0.25) is 0 Å². The van der Waals surface area contributed by atoms with Gasteiger partial charge in [0.1, 0.15) is 5.75 Å². The number of aromatic hydroxyl groups is 1. The lowest BCUT2D eigenvalue weighted by atomic mass is 9.91. The number of carbonyl (C=O) groups is 1. The number of para-hydroxylation sites is 1. The molecule has 1 saturated heterocycles. The van der Waals surface area contributed by atoms with E-state index in [4.69, 9.17) is 14.6 Å². The lowest BCUT2D eigenvalue weighted by Crippen LogP contribution is -2.30. The Labute approximate surface area is 193 Å². The summed E-state index contributed by atoms with van der Waals surface area (Å²) in [6, 6.07) is 15.4. The van der Waals surface area contributed by atoms with Crippen molar-refractivity contribution in [1.82, 2.24) is 0 Å². The van der Waals surface area contributed by atoms with Gasteiger partial charge >= 0.3 is 5.97 Å². The minimum absolute atomic E-state index is 0.00113. The lowest BCUT2D eigenvalue weighted by molar-refractivity contribution is -0.242. The number of halogens is 1. The Morgan fingerprint density at radius 2 is 1.94 bits per heavy atom. The highest BCUT2D eigenvalue weighted by molar-refractivity contribution is 9.10. The lowest BCUT2D eigenvalue weighted by Gasteiger charge is -2.36. The number of thiophene rings is 1. The quantitative estimate of drug-likeness (QED) is 0.356. The van der Waals surface area contributed by atoms with Crippen LogP contribution in [-0.4, -0.2) is 22.8 Å². The highest BCUT2D eigenvalue weighted by Crippen LogP contribution is 2.47. The molecule has 4 rings (SSSR count). The minimum Gasteiger partial charge on any atom is -0.508 e. The van der Waals surface area contributed by atoms with Crippen molar-refractivity contribution in [2.75, 3.05) is 6.61 Å². The molecule has 2 aromatic carbocycles. The van der Waals surface area contributed by atoms with Crippen LogP contribution in [-0.2, 0) is 14.3 Å². The highest BCUT2D eigenvalue weighted by Gasteiger charge is 2.36. The van der Waals surface area contributed by atoms with Gasteiger partial charge in [0.05, 0.1) is 17.6 Å². The van der Waals surface area contributed by atoms with Crippen molar-refractivity contribution < 1.29 is 24.5 Å². The summed E-state index contributed by atoms with van der Waals surface area (Å²) in [6.07, 6.45) is 4.23. The third kappa shape index (κ3) is 5.01. The number of rotatable bonds is 7. The van der Waals surface area contributed by atoms with E-state index < -0.39 is 12.3 Å². The molecule has 162 valence electrons. The number of benzene rings is 2. The number of carboxylic acid groups (broad SMARTS) is 1. The van der Waals surface area contributed by atoms with Crippen LogP contribution in [0.5, 0.6) is 5.75 Å².